The van der Waals surface area contributed by atoms with Crippen molar-refractivity contribution in [2.45, 2.75) is 39.8 Å². The Morgan fingerprint density at radius 2 is 1.84 bits per heavy atom. The summed E-state index contributed by atoms with van der Waals surface area (Å²) in [5, 5.41) is 5.83. The molecule has 0 radical (unpaired) electrons. The van der Waals surface area contributed by atoms with Crippen LogP contribution in [0, 0.1) is 19.9 Å². The van der Waals surface area contributed by atoms with Crippen molar-refractivity contribution >= 4 is 29.7 Å². The van der Waals surface area contributed by atoms with Gasteiger partial charge in [0.25, 0.3) is 5.91 Å². The average Bonchev–Trinajstić information content (AvgIpc) is 3.18. The van der Waals surface area contributed by atoms with Gasteiger partial charge in [-0.1, -0.05) is 35.9 Å². The number of aromatic nitrogens is 1. The zero-order valence-corrected chi connectivity index (χ0v) is 25.3. The van der Waals surface area contributed by atoms with Gasteiger partial charge in [0.15, 0.2) is 0 Å². The Morgan fingerprint density at radius 1 is 1.14 bits per heavy atom. The molecule has 188 valence electrons. The van der Waals surface area contributed by atoms with Crippen molar-refractivity contribution in [1.82, 2.24) is 15.6 Å². The molecule has 1 unspecified atom stereocenters. The second-order valence-corrected chi connectivity index (χ2v) is 8.68. The van der Waals surface area contributed by atoms with E-state index in [0.717, 1.165) is 5.56 Å². The fourth-order valence-corrected chi connectivity index (χ4v) is 3.84. The third kappa shape index (κ3) is 8.07. The molecule has 0 aliphatic rings. The van der Waals surface area contributed by atoms with E-state index in [1.807, 2.05) is 57.4 Å². The molecule has 1 aromatic heterocycles. The van der Waals surface area contributed by atoms with Crippen molar-refractivity contribution in [1.29, 1.82) is 0 Å². The molecule has 0 saturated carbocycles. The van der Waals surface area contributed by atoms with Crippen LogP contribution in [0.15, 0.2) is 48.5 Å². The molecule has 0 aliphatic heterocycles. The number of nitrogens with one attached hydrogen (secondary N) is 3. The zero-order chi connectivity index (χ0) is 26.2. The largest absolute Gasteiger partial charge is 1.00 e. The quantitative estimate of drug-likeness (QED) is 0.212. The van der Waals surface area contributed by atoms with Crippen molar-refractivity contribution in [3.63, 3.8) is 0 Å². The van der Waals surface area contributed by atoms with E-state index in [-0.39, 0.29) is 80.9 Å². The van der Waals surface area contributed by atoms with E-state index in [0.29, 0.717) is 40.2 Å². The number of methoxy groups -OCH3 is 1. The summed E-state index contributed by atoms with van der Waals surface area (Å²) in [5.74, 6) is -0.484. The first kappa shape index (κ1) is 30.9. The molecule has 3 N–H and O–H groups in total. The van der Waals surface area contributed by atoms with Gasteiger partial charge in [0.05, 0.1) is 17.7 Å². The van der Waals surface area contributed by atoms with Gasteiger partial charge in [0.2, 0.25) is 5.91 Å². The Balaban J connectivity index is 0.00000481. The summed E-state index contributed by atoms with van der Waals surface area (Å²) in [6.07, 6.45) is 3.45. The van der Waals surface area contributed by atoms with Gasteiger partial charge < -0.3 is 25.1 Å². The molecular weight excluding hydrogens is 493 g/mol. The second-order valence-electron chi connectivity index (χ2n) is 8.68. The van der Waals surface area contributed by atoms with Crippen LogP contribution in [0.2, 0.25) is 0 Å². The van der Waals surface area contributed by atoms with Crippen LogP contribution in [0.4, 0.5) is 0 Å². The third-order valence-corrected chi connectivity index (χ3v) is 6.06. The summed E-state index contributed by atoms with van der Waals surface area (Å²) in [6.45, 7) is 7.77. The SMILES string of the molecule is CO[C@H](C)CNC(=O)c1c(C)[nH]c(/C=C(\[C-]=O)c2[c-]ccc(C(=O)NC(C)c3ccccc3)c2)c1C.[K+]. The number of hydrogen-bond donors (Lipinski definition) is 3. The van der Waals surface area contributed by atoms with Gasteiger partial charge in [-0.3, -0.25) is 15.2 Å². The number of rotatable bonds is 10. The fourth-order valence-electron chi connectivity index (χ4n) is 3.84. The van der Waals surface area contributed by atoms with Gasteiger partial charge in [-0.2, -0.15) is 18.2 Å². The third-order valence-electron chi connectivity index (χ3n) is 6.06. The van der Waals surface area contributed by atoms with Crippen molar-refractivity contribution in [3.05, 3.63) is 93.8 Å². The molecule has 0 saturated heterocycles. The molecule has 2 amide bonds. The van der Waals surface area contributed by atoms with E-state index < -0.39 is 0 Å². The minimum Gasteiger partial charge on any atom is -0.388 e. The van der Waals surface area contributed by atoms with Crippen LogP contribution in [-0.2, 0) is 9.53 Å². The normalized spacial score (nSPS) is 12.7. The number of benzene rings is 2. The topological polar surface area (TPSA) is 100 Å². The monoisotopic (exact) mass is 524 g/mol. The first-order valence-electron chi connectivity index (χ1n) is 11.7. The summed E-state index contributed by atoms with van der Waals surface area (Å²) >= 11 is 0. The number of amides is 2. The Labute approximate surface area is 260 Å². The molecular formula is C29H31KN3O4-. The van der Waals surface area contributed by atoms with Gasteiger partial charge in [-0.25, -0.2) is 11.6 Å². The number of aromatic amines is 1. The van der Waals surface area contributed by atoms with E-state index in [1.165, 1.54) is 0 Å². The molecule has 0 bridgehead atoms. The number of hydrogen-bond acceptors (Lipinski definition) is 4. The van der Waals surface area contributed by atoms with Crippen LogP contribution < -0.4 is 62.0 Å². The number of ether oxygens (including phenoxy) is 1. The molecule has 0 aliphatic carbocycles. The number of aryl methyl sites for hydroxylation is 1. The number of carbonyl (C=O) groups is 2. The maximum absolute atomic E-state index is 12.9. The molecule has 1 heterocycles. The Kier molecular flexibility index (Phi) is 12.2. The predicted octanol–water partition coefficient (Wildman–Crippen LogP) is 1.34. The summed E-state index contributed by atoms with van der Waals surface area (Å²) < 4.78 is 5.18. The summed E-state index contributed by atoms with van der Waals surface area (Å²) in [5.41, 5.74) is 4.54. The van der Waals surface area contributed by atoms with Crippen LogP contribution in [0.1, 0.15) is 68.7 Å². The van der Waals surface area contributed by atoms with Gasteiger partial charge in [0.1, 0.15) is 0 Å². The van der Waals surface area contributed by atoms with E-state index in [2.05, 4.69) is 21.7 Å². The molecule has 3 aromatic rings. The van der Waals surface area contributed by atoms with E-state index >= 15 is 0 Å². The Morgan fingerprint density at radius 3 is 2.49 bits per heavy atom. The number of carbonyl (C=O) groups excluding carboxylic acids is 3. The van der Waals surface area contributed by atoms with Crippen molar-refractivity contribution < 1.29 is 70.5 Å². The molecule has 0 spiro atoms. The van der Waals surface area contributed by atoms with Crippen LogP contribution in [-0.4, -0.2) is 42.8 Å². The molecule has 3 rings (SSSR count). The summed E-state index contributed by atoms with van der Waals surface area (Å²) in [7, 11) is 1.59. The zero-order valence-electron chi connectivity index (χ0n) is 22.2. The minimum atomic E-state index is -0.261. The molecule has 0 fully saturated rings. The van der Waals surface area contributed by atoms with Gasteiger partial charge in [0, 0.05) is 25.6 Å². The summed E-state index contributed by atoms with van der Waals surface area (Å²) in [4.78, 5) is 40.6. The van der Waals surface area contributed by atoms with Crippen LogP contribution >= 0.6 is 0 Å². The Hall–Kier alpha value is -2.33. The van der Waals surface area contributed by atoms with Crippen LogP contribution in [0.25, 0.3) is 11.6 Å². The molecule has 37 heavy (non-hydrogen) atoms. The van der Waals surface area contributed by atoms with E-state index in [4.69, 9.17) is 4.74 Å². The first-order chi connectivity index (χ1) is 17.2. The molecule has 2 aromatic carbocycles. The minimum absolute atomic E-state index is 0. The number of H-pyrrole nitrogens is 1. The van der Waals surface area contributed by atoms with Crippen molar-refractivity contribution in [3.8, 4) is 0 Å². The molecule has 8 heteroatoms. The molecule has 2 atom stereocenters. The van der Waals surface area contributed by atoms with Crippen LogP contribution in [0.5, 0.6) is 0 Å². The number of allylic oxidation sites excluding steroid dienone is 1. The maximum Gasteiger partial charge on any atom is 1.00 e. The first-order valence-corrected chi connectivity index (χ1v) is 11.7. The van der Waals surface area contributed by atoms with Crippen molar-refractivity contribution in [2.75, 3.05) is 13.7 Å². The smallest absolute Gasteiger partial charge is 0.388 e. The second kappa shape index (κ2) is 14.6. The fraction of sp³-hybridized carbons (Fsp3) is 0.276. The van der Waals surface area contributed by atoms with E-state index in [1.54, 1.807) is 38.3 Å². The molecule has 7 nitrogen and oxygen atoms in total. The standard InChI is InChI=1S/C29H31N3O4.K/c1-18(36-5)16-30-29(35)27-19(2)26(31-21(27)4)15-25(17-33)23-12-9-13-24(14-23)28(34)32-20(3)22-10-7-6-8-11-22;/h6-11,13-15,18,20,31H,16H2,1-5H3,(H,30,35)(H,32,34);/q-2;+1/b25-15+;/t18-,20?;/m1./s1. The van der Waals surface area contributed by atoms with Gasteiger partial charge in [-0.05, 0) is 44.5 Å². The summed E-state index contributed by atoms with van der Waals surface area (Å²) in [6, 6.07) is 17.3. The van der Waals surface area contributed by atoms with Gasteiger partial charge in [-0.15, -0.1) is 6.07 Å². The van der Waals surface area contributed by atoms with Crippen LogP contribution in [0.3, 0.4) is 0 Å². The van der Waals surface area contributed by atoms with Crippen molar-refractivity contribution in [2.24, 2.45) is 0 Å². The Bertz CT molecular complexity index is 1270. The van der Waals surface area contributed by atoms with Gasteiger partial charge >= 0.3 is 51.4 Å². The average molecular weight is 525 g/mol. The maximum atomic E-state index is 12.9. The van der Waals surface area contributed by atoms with E-state index in [9.17, 15) is 14.4 Å². The predicted molar refractivity (Wildman–Crippen MR) is 140 cm³/mol.